The molecule has 0 unspecified atom stereocenters. The Bertz CT molecular complexity index is 1590. The van der Waals surface area contributed by atoms with Gasteiger partial charge in [0.15, 0.2) is 11.9 Å². The molecule has 204 valence electrons. The van der Waals surface area contributed by atoms with Crippen LogP contribution >= 0.6 is 23.2 Å². The highest BCUT2D eigenvalue weighted by Gasteiger charge is 2.39. The number of nitrogens with zero attached hydrogens (tertiary/aromatic N) is 5. The standard InChI is InChI=1S/C26H22Cl2F3N5O3/c27-17-7-5-15(6-8-17)24-33-36(25(39)34(24)14-23(38)26(29,30)31)13-21-19-10-9-18(37)11-22(19)35(32-21)12-16-3-1-2-4-20(16)28/h1-8,23,38H,9-14H2/t23-/m0/s1. The van der Waals surface area contributed by atoms with Gasteiger partial charge in [-0.3, -0.25) is 14.0 Å². The van der Waals surface area contributed by atoms with Crippen LogP contribution < -0.4 is 5.69 Å². The second-order valence-corrected chi connectivity index (χ2v) is 10.1. The van der Waals surface area contributed by atoms with Crippen molar-refractivity contribution in [2.45, 2.75) is 51.2 Å². The maximum atomic E-state index is 13.3. The molecule has 1 aliphatic carbocycles. The molecule has 4 aromatic rings. The first kappa shape index (κ1) is 27.2. The molecule has 0 saturated heterocycles. The topological polar surface area (TPSA) is 94.9 Å². The lowest BCUT2D eigenvalue weighted by molar-refractivity contribution is -0.207. The van der Waals surface area contributed by atoms with E-state index < -0.39 is 24.5 Å². The molecule has 5 rings (SSSR count). The van der Waals surface area contributed by atoms with Gasteiger partial charge in [-0.2, -0.15) is 18.3 Å². The number of ketones is 1. The number of halogens is 5. The van der Waals surface area contributed by atoms with Crippen molar-refractivity contribution in [3.8, 4) is 11.4 Å². The van der Waals surface area contributed by atoms with Gasteiger partial charge in [-0.15, -0.1) is 5.10 Å². The lowest BCUT2D eigenvalue weighted by Crippen LogP contribution is -2.37. The first-order valence-corrected chi connectivity index (χ1v) is 12.8. The largest absolute Gasteiger partial charge is 0.416 e. The van der Waals surface area contributed by atoms with Crippen LogP contribution in [0.25, 0.3) is 11.4 Å². The molecule has 0 spiro atoms. The predicted molar refractivity (Wildman–Crippen MR) is 138 cm³/mol. The Morgan fingerprint density at radius 1 is 0.949 bits per heavy atom. The van der Waals surface area contributed by atoms with Gasteiger partial charge in [0.25, 0.3) is 0 Å². The van der Waals surface area contributed by atoms with E-state index in [9.17, 15) is 27.9 Å². The number of aliphatic hydroxyl groups is 1. The van der Waals surface area contributed by atoms with E-state index in [4.69, 9.17) is 23.2 Å². The van der Waals surface area contributed by atoms with Gasteiger partial charge < -0.3 is 5.11 Å². The van der Waals surface area contributed by atoms with Crippen molar-refractivity contribution in [1.29, 1.82) is 0 Å². The van der Waals surface area contributed by atoms with Gasteiger partial charge in [-0.25, -0.2) is 9.48 Å². The number of hydrogen-bond acceptors (Lipinski definition) is 5. The molecule has 0 aliphatic heterocycles. The van der Waals surface area contributed by atoms with Gasteiger partial charge in [0.05, 0.1) is 25.3 Å². The molecule has 0 bridgehead atoms. The van der Waals surface area contributed by atoms with Gasteiger partial charge in [-0.05, 0) is 47.9 Å². The van der Waals surface area contributed by atoms with Crippen molar-refractivity contribution < 1.29 is 23.1 Å². The minimum atomic E-state index is -4.93. The Morgan fingerprint density at radius 2 is 1.67 bits per heavy atom. The van der Waals surface area contributed by atoms with Crippen LogP contribution in [0.1, 0.15) is 28.9 Å². The molecule has 0 fully saturated rings. The first-order valence-electron chi connectivity index (χ1n) is 12.0. The van der Waals surface area contributed by atoms with Crippen molar-refractivity contribution in [3.05, 3.63) is 91.6 Å². The van der Waals surface area contributed by atoms with Gasteiger partial charge in [0, 0.05) is 34.1 Å². The van der Waals surface area contributed by atoms with Gasteiger partial charge in [0.2, 0.25) is 0 Å². The van der Waals surface area contributed by atoms with E-state index in [0.717, 1.165) is 20.4 Å². The molecule has 1 N–H and O–H groups in total. The molecule has 1 aliphatic rings. The van der Waals surface area contributed by atoms with Crippen LogP contribution in [-0.2, 0) is 37.3 Å². The van der Waals surface area contributed by atoms with Crippen LogP contribution in [0.5, 0.6) is 0 Å². The lowest BCUT2D eigenvalue weighted by atomic mass is 9.94. The fourth-order valence-electron chi connectivity index (χ4n) is 4.60. The zero-order chi connectivity index (χ0) is 27.9. The number of Topliss-reactive ketones (excluding diaryl/α,β-unsaturated/α-hetero) is 1. The Balaban J connectivity index is 1.56. The summed E-state index contributed by atoms with van der Waals surface area (Å²) in [5.74, 6) is 0.00137. The molecular formula is C26H22Cl2F3N5O3. The first-order chi connectivity index (χ1) is 18.5. The number of carbonyl (C=O) groups excluding carboxylic acids is 1. The van der Waals surface area contributed by atoms with E-state index >= 15 is 0 Å². The van der Waals surface area contributed by atoms with E-state index in [0.29, 0.717) is 46.4 Å². The summed E-state index contributed by atoms with van der Waals surface area (Å²) in [5, 5.41) is 19.7. The molecule has 0 radical (unpaired) electrons. The number of rotatable bonds is 7. The predicted octanol–water partition coefficient (Wildman–Crippen LogP) is 4.29. The van der Waals surface area contributed by atoms with E-state index in [1.54, 1.807) is 16.8 Å². The van der Waals surface area contributed by atoms with E-state index in [2.05, 4.69) is 10.2 Å². The summed E-state index contributed by atoms with van der Waals surface area (Å²) < 4.78 is 43.0. The molecule has 2 heterocycles. The third-order valence-electron chi connectivity index (χ3n) is 6.60. The number of benzene rings is 2. The smallest absolute Gasteiger partial charge is 0.382 e. The maximum absolute atomic E-state index is 13.3. The lowest BCUT2D eigenvalue weighted by Gasteiger charge is -2.15. The molecule has 0 saturated carbocycles. The summed E-state index contributed by atoms with van der Waals surface area (Å²) in [5.41, 5.74) is 2.29. The number of aromatic nitrogens is 5. The van der Waals surface area contributed by atoms with E-state index in [-0.39, 0.29) is 24.6 Å². The van der Waals surface area contributed by atoms with Crippen molar-refractivity contribution in [3.63, 3.8) is 0 Å². The number of hydrogen-bond donors (Lipinski definition) is 1. The normalized spacial score (nSPS) is 14.5. The summed E-state index contributed by atoms with van der Waals surface area (Å²) in [6, 6.07) is 13.3. The second kappa shape index (κ2) is 10.6. The van der Waals surface area contributed by atoms with Crippen LogP contribution in [0.3, 0.4) is 0 Å². The van der Waals surface area contributed by atoms with Crippen molar-refractivity contribution in [1.82, 2.24) is 24.1 Å². The number of aliphatic hydroxyl groups excluding tert-OH is 1. The molecule has 2 aromatic heterocycles. The molecule has 0 amide bonds. The average molecular weight is 580 g/mol. The molecule has 13 heteroatoms. The molecule has 2 aromatic carbocycles. The Kier molecular flexibility index (Phi) is 7.41. The monoisotopic (exact) mass is 579 g/mol. The van der Waals surface area contributed by atoms with E-state index in [1.807, 2.05) is 12.1 Å². The fourth-order valence-corrected chi connectivity index (χ4v) is 4.92. The highest BCUT2D eigenvalue weighted by atomic mass is 35.5. The van der Waals surface area contributed by atoms with Crippen LogP contribution in [0.15, 0.2) is 53.3 Å². The van der Waals surface area contributed by atoms with Gasteiger partial charge >= 0.3 is 11.9 Å². The average Bonchev–Trinajstić information content (AvgIpc) is 3.37. The number of fused-ring (bicyclic) bond motifs is 1. The van der Waals surface area contributed by atoms with Gasteiger partial charge in [0.1, 0.15) is 5.78 Å². The number of alkyl halides is 3. The maximum Gasteiger partial charge on any atom is 0.416 e. The SMILES string of the molecule is O=C1CCc2c(Cn3nc(-c4ccc(Cl)cc4)n(C[C@H](O)C(F)(F)F)c3=O)nn(Cc3ccccc3Cl)c2C1. The highest BCUT2D eigenvalue weighted by Crippen LogP contribution is 2.27. The summed E-state index contributed by atoms with van der Waals surface area (Å²) in [6.45, 7) is -0.874. The molecule has 8 nitrogen and oxygen atoms in total. The summed E-state index contributed by atoms with van der Waals surface area (Å²) in [7, 11) is 0. The second-order valence-electron chi connectivity index (χ2n) is 9.28. The van der Waals surface area contributed by atoms with Crippen LogP contribution in [0.4, 0.5) is 13.2 Å². The van der Waals surface area contributed by atoms with Crippen molar-refractivity contribution >= 4 is 29.0 Å². The van der Waals surface area contributed by atoms with Crippen LogP contribution in [-0.4, -0.2) is 47.3 Å². The highest BCUT2D eigenvalue weighted by molar-refractivity contribution is 6.31. The van der Waals surface area contributed by atoms with Crippen LogP contribution in [0, 0.1) is 0 Å². The Hall–Kier alpha value is -3.41. The third-order valence-corrected chi connectivity index (χ3v) is 7.22. The summed E-state index contributed by atoms with van der Waals surface area (Å²) in [6.07, 6.45) is -6.80. The minimum absolute atomic E-state index is 0.0560. The van der Waals surface area contributed by atoms with E-state index in [1.165, 1.54) is 24.3 Å². The third kappa shape index (κ3) is 5.66. The minimum Gasteiger partial charge on any atom is -0.382 e. The molecule has 39 heavy (non-hydrogen) atoms. The molecule has 1 atom stereocenters. The Labute approximate surface area is 230 Å². The fraction of sp³-hybridized carbons (Fsp3) is 0.308. The van der Waals surface area contributed by atoms with Crippen molar-refractivity contribution in [2.75, 3.05) is 0 Å². The number of carbonyl (C=O) groups is 1. The molecular weight excluding hydrogens is 558 g/mol. The zero-order valence-electron chi connectivity index (χ0n) is 20.3. The van der Waals surface area contributed by atoms with Gasteiger partial charge in [-0.1, -0.05) is 41.4 Å². The Morgan fingerprint density at radius 3 is 2.36 bits per heavy atom. The van der Waals surface area contributed by atoms with Crippen LogP contribution in [0.2, 0.25) is 10.0 Å². The quantitative estimate of drug-likeness (QED) is 0.352. The van der Waals surface area contributed by atoms with Crippen molar-refractivity contribution in [2.24, 2.45) is 0 Å². The summed E-state index contributed by atoms with van der Waals surface area (Å²) >= 11 is 12.3. The summed E-state index contributed by atoms with van der Waals surface area (Å²) in [4.78, 5) is 25.6. The zero-order valence-corrected chi connectivity index (χ0v) is 21.8.